The molecule has 2 aliphatic rings. The first-order valence-electron chi connectivity index (χ1n) is 8.36. The first kappa shape index (κ1) is 15.1. The van der Waals surface area contributed by atoms with Gasteiger partial charge in [-0.25, -0.2) is 0 Å². The Kier molecular flexibility index (Phi) is 4.76. The van der Waals surface area contributed by atoms with Gasteiger partial charge in [-0.15, -0.1) is 0 Å². The summed E-state index contributed by atoms with van der Waals surface area (Å²) in [4.78, 5) is 23.6. The molecule has 1 heterocycles. The van der Waals surface area contributed by atoms with Gasteiger partial charge in [0.1, 0.15) is 6.04 Å². The normalized spacial score (nSPS) is 28.2. The van der Waals surface area contributed by atoms with E-state index >= 15 is 0 Å². The number of hydrogen-bond donors (Lipinski definition) is 2. The number of amides is 2. The van der Waals surface area contributed by atoms with E-state index in [4.69, 9.17) is 0 Å². The van der Waals surface area contributed by atoms with Crippen LogP contribution in [0.5, 0.6) is 0 Å². The Balaban J connectivity index is 1.60. The first-order chi connectivity index (χ1) is 10.7. The van der Waals surface area contributed by atoms with E-state index in [0.717, 1.165) is 19.3 Å². The Morgan fingerprint density at radius 3 is 2.64 bits per heavy atom. The summed E-state index contributed by atoms with van der Waals surface area (Å²) in [5.41, 5.74) is 1.34. The van der Waals surface area contributed by atoms with E-state index in [9.17, 15) is 9.59 Å². The number of carbonyl (C=O) groups is 2. The van der Waals surface area contributed by atoms with Crippen LogP contribution in [-0.4, -0.2) is 23.9 Å². The molecule has 1 saturated carbocycles. The summed E-state index contributed by atoms with van der Waals surface area (Å²) in [7, 11) is 0. The molecule has 1 aliphatic carbocycles. The molecule has 1 saturated heterocycles. The molecular weight excluding hydrogens is 276 g/mol. The lowest BCUT2D eigenvalue weighted by molar-refractivity contribution is -0.126. The van der Waals surface area contributed by atoms with Gasteiger partial charge in [-0.1, -0.05) is 43.2 Å². The second kappa shape index (κ2) is 6.95. The quantitative estimate of drug-likeness (QED) is 0.895. The fourth-order valence-corrected chi connectivity index (χ4v) is 3.65. The average Bonchev–Trinajstić information content (AvgIpc) is 2.97. The highest BCUT2D eigenvalue weighted by molar-refractivity contribution is 5.90. The summed E-state index contributed by atoms with van der Waals surface area (Å²) >= 11 is 0. The van der Waals surface area contributed by atoms with E-state index in [1.54, 1.807) is 0 Å². The number of hydrogen-bond acceptors (Lipinski definition) is 2. The van der Waals surface area contributed by atoms with Crippen LogP contribution in [0.3, 0.4) is 0 Å². The zero-order chi connectivity index (χ0) is 15.4. The molecule has 4 heteroatoms. The summed E-state index contributed by atoms with van der Waals surface area (Å²) in [6.07, 6.45) is 6.73. The van der Waals surface area contributed by atoms with Gasteiger partial charge in [-0.2, -0.15) is 0 Å². The van der Waals surface area contributed by atoms with Crippen LogP contribution in [0.1, 0.15) is 44.1 Å². The summed E-state index contributed by atoms with van der Waals surface area (Å²) in [5.74, 6) is 0.484. The fraction of sp³-hybridized carbons (Fsp3) is 0.556. The van der Waals surface area contributed by atoms with Crippen molar-refractivity contribution < 1.29 is 9.59 Å². The first-order valence-corrected chi connectivity index (χ1v) is 8.36. The molecular formula is C18H24N2O2. The fourth-order valence-electron chi connectivity index (χ4n) is 3.65. The molecule has 4 nitrogen and oxygen atoms in total. The maximum absolute atomic E-state index is 12.3. The molecule has 3 rings (SSSR count). The zero-order valence-electron chi connectivity index (χ0n) is 12.9. The zero-order valence-corrected chi connectivity index (χ0v) is 12.9. The van der Waals surface area contributed by atoms with Gasteiger partial charge in [0.05, 0.1) is 0 Å². The molecule has 2 amide bonds. The topological polar surface area (TPSA) is 58.2 Å². The van der Waals surface area contributed by atoms with Crippen LogP contribution in [0.25, 0.3) is 0 Å². The third-order valence-corrected chi connectivity index (χ3v) is 4.89. The smallest absolute Gasteiger partial charge is 0.242 e. The summed E-state index contributed by atoms with van der Waals surface area (Å²) in [5, 5.41) is 5.95. The highest BCUT2D eigenvalue weighted by Crippen LogP contribution is 2.28. The molecule has 2 fully saturated rings. The van der Waals surface area contributed by atoms with E-state index in [1.165, 1.54) is 18.4 Å². The van der Waals surface area contributed by atoms with Crippen molar-refractivity contribution in [3.63, 3.8) is 0 Å². The van der Waals surface area contributed by atoms with Gasteiger partial charge in [-0.3, -0.25) is 9.59 Å². The van der Waals surface area contributed by atoms with E-state index in [-0.39, 0.29) is 23.9 Å². The second-order valence-corrected chi connectivity index (χ2v) is 6.51. The van der Waals surface area contributed by atoms with Crippen LogP contribution >= 0.6 is 0 Å². The molecule has 0 radical (unpaired) electrons. The third kappa shape index (κ3) is 3.67. The van der Waals surface area contributed by atoms with Crippen molar-refractivity contribution in [1.29, 1.82) is 0 Å². The Bertz CT molecular complexity index is 529. The maximum Gasteiger partial charge on any atom is 0.242 e. The molecule has 3 atom stereocenters. The SMILES string of the molecule is O=C1CC[C@H](C(=O)N[C@@H]2CCCC[C@@H]2Cc2ccccc2)N1. The molecule has 0 spiro atoms. The van der Waals surface area contributed by atoms with E-state index < -0.39 is 0 Å². The minimum absolute atomic E-state index is 0.00388. The van der Waals surface area contributed by atoms with Crippen molar-refractivity contribution in [2.45, 2.75) is 57.0 Å². The Labute approximate surface area is 131 Å². The minimum atomic E-state index is -0.327. The predicted octanol–water partition coefficient (Wildman–Crippen LogP) is 2.18. The Hall–Kier alpha value is -1.84. The van der Waals surface area contributed by atoms with E-state index in [0.29, 0.717) is 18.8 Å². The molecule has 2 N–H and O–H groups in total. The lowest BCUT2D eigenvalue weighted by Crippen LogP contribution is -2.49. The van der Waals surface area contributed by atoms with Gasteiger partial charge in [0.25, 0.3) is 0 Å². The van der Waals surface area contributed by atoms with Crippen molar-refractivity contribution in [1.82, 2.24) is 10.6 Å². The van der Waals surface area contributed by atoms with Crippen LogP contribution in [0, 0.1) is 5.92 Å². The molecule has 0 aromatic heterocycles. The lowest BCUT2D eigenvalue weighted by Gasteiger charge is -2.33. The molecule has 1 aliphatic heterocycles. The van der Waals surface area contributed by atoms with Gasteiger partial charge < -0.3 is 10.6 Å². The van der Waals surface area contributed by atoms with Crippen LogP contribution < -0.4 is 10.6 Å². The van der Waals surface area contributed by atoms with E-state index in [2.05, 4.69) is 34.9 Å². The number of nitrogens with one attached hydrogen (secondary N) is 2. The average molecular weight is 300 g/mol. The standard InChI is InChI=1S/C18H24N2O2/c21-17-11-10-16(19-17)18(22)20-15-9-5-4-8-14(15)12-13-6-2-1-3-7-13/h1-3,6-7,14-16H,4-5,8-12H2,(H,19,21)(H,20,22)/t14-,15-,16-/m1/s1. The highest BCUT2D eigenvalue weighted by atomic mass is 16.2. The van der Waals surface area contributed by atoms with Gasteiger partial charge in [0.2, 0.25) is 11.8 Å². The minimum Gasteiger partial charge on any atom is -0.351 e. The highest BCUT2D eigenvalue weighted by Gasteiger charge is 2.32. The molecule has 1 aromatic carbocycles. The second-order valence-electron chi connectivity index (χ2n) is 6.51. The lowest BCUT2D eigenvalue weighted by atomic mass is 9.80. The van der Waals surface area contributed by atoms with Crippen molar-refractivity contribution in [2.24, 2.45) is 5.92 Å². The van der Waals surface area contributed by atoms with E-state index in [1.807, 2.05) is 6.07 Å². The summed E-state index contributed by atoms with van der Waals surface area (Å²) in [6, 6.07) is 10.4. The van der Waals surface area contributed by atoms with Crippen molar-refractivity contribution in [2.75, 3.05) is 0 Å². The summed E-state index contributed by atoms with van der Waals surface area (Å²) in [6.45, 7) is 0. The van der Waals surface area contributed by atoms with Crippen LogP contribution in [0.15, 0.2) is 30.3 Å². The summed E-state index contributed by atoms with van der Waals surface area (Å²) < 4.78 is 0. The molecule has 1 aromatic rings. The Morgan fingerprint density at radius 2 is 1.91 bits per heavy atom. The molecule has 22 heavy (non-hydrogen) atoms. The molecule has 0 bridgehead atoms. The van der Waals surface area contributed by atoms with Gasteiger partial charge in [0, 0.05) is 12.5 Å². The monoisotopic (exact) mass is 300 g/mol. The number of carbonyl (C=O) groups excluding carboxylic acids is 2. The van der Waals surface area contributed by atoms with Crippen molar-refractivity contribution in [3.05, 3.63) is 35.9 Å². The van der Waals surface area contributed by atoms with Crippen LogP contribution in [-0.2, 0) is 16.0 Å². The number of benzene rings is 1. The maximum atomic E-state index is 12.3. The van der Waals surface area contributed by atoms with Crippen molar-refractivity contribution >= 4 is 11.8 Å². The Morgan fingerprint density at radius 1 is 1.14 bits per heavy atom. The molecule has 118 valence electrons. The van der Waals surface area contributed by atoms with Crippen LogP contribution in [0.4, 0.5) is 0 Å². The third-order valence-electron chi connectivity index (χ3n) is 4.89. The van der Waals surface area contributed by atoms with Crippen LogP contribution in [0.2, 0.25) is 0 Å². The predicted molar refractivity (Wildman–Crippen MR) is 85.2 cm³/mol. The van der Waals surface area contributed by atoms with Gasteiger partial charge in [0.15, 0.2) is 0 Å². The molecule has 0 unspecified atom stereocenters. The van der Waals surface area contributed by atoms with Crippen molar-refractivity contribution in [3.8, 4) is 0 Å². The largest absolute Gasteiger partial charge is 0.351 e. The number of rotatable bonds is 4. The van der Waals surface area contributed by atoms with Gasteiger partial charge in [-0.05, 0) is 37.2 Å². The van der Waals surface area contributed by atoms with Gasteiger partial charge >= 0.3 is 0 Å².